The number of halogens is 2. The average Bonchev–Trinajstić information content (AvgIpc) is 4.02. The predicted octanol–water partition coefficient (Wildman–Crippen LogP) is 8.86. The second kappa shape index (κ2) is 26.0. The fourth-order valence-electron chi connectivity index (χ4n) is 8.54. The standard InChI is InChI=1S/2C21H16P.2C10H15.2FH.2Ti/c2*1-3-11-19(12-4-1)22(20-13-5-2-6-14-20)21-15-17-9-7-8-10-18(17)16-21;2*1-7-6-10(4,5)9(3)8(7)2;;;;/h2*1-16H;2*1-5H3;2*1H;;/q4*-1;;;2*+2/p-2. The third-order valence-corrected chi connectivity index (χ3v) is 17.7. The van der Waals surface area contributed by atoms with Crippen LogP contribution in [0.15, 0.2) is 228 Å². The number of hydrogen-bond donors (Lipinski definition) is 0. The minimum atomic E-state index is -0.493. The third kappa shape index (κ3) is 13.9. The minimum Gasteiger partial charge on any atom is -1.00 e. The summed E-state index contributed by atoms with van der Waals surface area (Å²) in [6.45, 7) is 21.8. The molecule has 2 aliphatic carbocycles. The van der Waals surface area contributed by atoms with Crippen molar-refractivity contribution in [3.63, 3.8) is 0 Å². The maximum atomic E-state index is 3.44. The van der Waals surface area contributed by atoms with Crippen molar-refractivity contribution in [2.24, 2.45) is 10.8 Å². The van der Waals surface area contributed by atoms with Crippen molar-refractivity contribution in [1.82, 2.24) is 0 Å². The van der Waals surface area contributed by atoms with Crippen LogP contribution < -0.4 is 41.2 Å². The topological polar surface area (TPSA) is 0 Å². The van der Waals surface area contributed by atoms with Crippen molar-refractivity contribution in [1.29, 1.82) is 0 Å². The largest absolute Gasteiger partial charge is 2.00 e. The van der Waals surface area contributed by atoms with Crippen molar-refractivity contribution < 1.29 is 52.8 Å². The molecule has 8 aromatic rings. The fourth-order valence-corrected chi connectivity index (χ4v) is 13.3. The van der Waals surface area contributed by atoms with Gasteiger partial charge in [-0.25, -0.2) is 11.1 Å². The summed E-state index contributed by atoms with van der Waals surface area (Å²) in [7, 11) is -0.986. The fraction of sp³-hybridized carbons (Fsp3) is 0.194. The molecular weight excluding hydrogens is 940 g/mol. The summed E-state index contributed by atoms with van der Waals surface area (Å²) in [5, 5.41) is 13.8. The Balaban J connectivity index is 0.000000251. The van der Waals surface area contributed by atoms with Gasteiger partial charge in [0.25, 0.3) is 0 Å². The van der Waals surface area contributed by atoms with E-state index in [9.17, 15) is 0 Å². The van der Waals surface area contributed by atoms with E-state index in [2.05, 4.69) is 276 Å². The van der Waals surface area contributed by atoms with Crippen LogP contribution in [-0.4, -0.2) is 0 Å². The van der Waals surface area contributed by atoms with E-state index in [0.29, 0.717) is 0 Å². The van der Waals surface area contributed by atoms with Gasteiger partial charge in [0, 0.05) is 0 Å². The smallest absolute Gasteiger partial charge is 1.00 e. The monoisotopic (exact) mass is 1000 g/mol. The van der Waals surface area contributed by atoms with Gasteiger partial charge in [-0.2, -0.15) is 34.4 Å². The van der Waals surface area contributed by atoms with Crippen molar-refractivity contribution >= 4 is 69.2 Å². The van der Waals surface area contributed by atoms with Gasteiger partial charge in [0.15, 0.2) is 0 Å². The first-order chi connectivity index (χ1) is 30.7. The molecule has 68 heavy (non-hydrogen) atoms. The molecule has 0 atom stereocenters. The Labute approximate surface area is 438 Å². The third-order valence-electron chi connectivity index (χ3n) is 12.9. The van der Waals surface area contributed by atoms with E-state index in [1.165, 1.54) is 86.8 Å². The molecule has 0 aliphatic heterocycles. The summed E-state index contributed by atoms with van der Waals surface area (Å²) in [6.07, 6.45) is 6.87. The van der Waals surface area contributed by atoms with Crippen molar-refractivity contribution in [3.8, 4) is 0 Å². The molecule has 0 aromatic heterocycles. The number of rotatable bonds is 6. The molecule has 0 unspecified atom stereocenters. The number of hydrogen-bond acceptors (Lipinski definition) is 0. The molecule has 0 amide bonds. The molecule has 10 rings (SSSR count). The van der Waals surface area contributed by atoms with Crippen molar-refractivity contribution in [3.05, 3.63) is 240 Å². The van der Waals surface area contributed by atoms with Crippen LogP contribution in [0.1, 0.15) is 69.2 Å². The molecule has 344 valence electrons. The van der Waals surface area contributed by atoms with E-state index in [-0.39, 0.29) is 63.7 Å². The van der Waals surface area contributed by atoms with E-state index in [4.69, 9.17) is 0 Å². The Morgan fingerprint density at radius 3 is 0.824 bits per heavy atom. The van der Waals surface area contributed by atoms with E-state index in [0.717, 1.165) is 0 Å². The molecule has 8 aromatic carbocycles. The van der Waals surface area contributed by atoms with Crippen LogP contribution in [0.4, 0.5) is 0 Å². The van der Waals surface area contributed by atoms with Crippen molar-refractivity contribution in [2.75, 3.05) is 0 Å². The SMILES string of the molecule is CC1=[C-]C(C)(C)C(C)=C1C.CC1=[C-]C(C)(C)C(C)=C1C.[F-].[F-].[Ti+2].[Ti+2].c1ccc(P(c2ccccc2)c2cc3ccccc3[cH-]2)cc1.c1ccc(P(c2ccccc2)c2cc3ccccc3[cH-]2)cc1. The van der Waals surface area contributed by atoms with Crippen molar-refractivity contribution in [2.45, 2.75) is 69.2 Å². The van der Waals surface area contributed by atoms with E-state index in [1.807, 2.05) is 0 Å². The maximum absolute atomic E-state index is 3.44. The number of benzene rings is 6. The average molecular weight is 1000 g/mol. The summed E-state index contributed by atoms with van der Waals surface area (Å²) in [4.78, 5) is 0. The minimum absolute atomic E-state index is 0. The Kier molecular flexibility index (Phi) is 22.2. The molecule has 0 saturated heterocycles. The second-order valence-corrected chi connectivity index (χ2v) is 22.4. The van der Waals surface area contributed by atoms with Gasteiger partial charge < -0.3 is 9.41 Å². The van der Waals surface area contributed by atoms with E-state index < -0.39 is 15.8 Å². The van der Waals surface area contributed by atoms with Gasteiger partial charge in [-0.15, -0.1) is 94.5 Å². The quantitative estimate of drug-likeness (QED) is 0.0889. The van der Waals surface area contributed by atoms with Gasteiger partial charge >= 0.3 is 43.4 Å². The molecular formula is C62H62F2P2Ti2-2. The molecule has 0 radical (unpaired) electrons. The summed E-state index contributed by atoms with van der Waals surface area (Å²) in [5.74, 6) is 0. The van der Waals surface area contributed by atoms with Gasteiger partial charge in [0.2, 0.25) is 0 Å². The van der Waals surface area contributed by atoms with Gasteiger partial charge in [-0.05, 0) is 37.1 Å². The molecule has 0 heterocycles. The Morgan fingerprint density at radius 1 is 0.368 bits per heavy atom. The van der Waals surface area contributed by atoms with Crippen LogP contribution in [-0.2, 0) is 43.4 Å². The first-order valence-corrected chi connectivity index (χ1v) is 25.1. The van der Waals surface area contributed by atoms with Crippen LogP contribution in [0.2, 0.25) is 0 Å². The Morgan fingerprint density at radius 2 is 0.618 bits per heavy atom. The first-order valence-electron chi connectivity index (χ1n) is 22.4. The zero-order chi connectivity index (χ0) is 45.4. The normalized spacial score (nSPS) is 14.1. The van der Waals surface area contributed by atoms with Gasteiger partial charge in [0.05, 0.1) is 0 Å². The summed E-state index contributed by atoms with van der Waals surface area (Å²) >= 11 is 0. The van der Waals surface area contributed by atoms with E-state index >= 15 is 0 Å². The summed E-state index contributed by atoms with van der Waals surface area (Å²) in [6, 6.07) is 70.0. The van der Waals surface area contributed by atoms with Crippen LogP contribution >= 0.6 is 15.8 Å². The Hall–Kier alpha value is -4.35. The maximum Gasteiger partial charge on any atom is 2.00 e. The zero-order valence-corrected chi connectivity index (χ0v) is 46.0. The molecule has 0 saturated carbocycles. The number of fused-ring (bicyclic) bond motifs is 2. The van der Waals surface area contributed by atoms with Gasteiger partial charge in [-0.3, -0.25) is 12.2 Å². The molecule has 0 spiro atoms. The molecule has 0 bridgehead atoms. The van der Waals surface area contributed by atoms with Gasteiger partial charge in [-0.1, -0.05) is 200 Å². The molecule has 2 aliphatic rings. The Bertz CT molecular complexity index is 2590. The van der Waals surface area contributed by atoms with Crippen LogP contribution in [0.5, 0.6) is 0 Å². The molecule has 0 fully saturated rings. The van der Waals surface area contributed by atoms with Crippen LogP contribution in [0.3, 0.4) is 0 Å². The van der Waals surface area contributed by atoms with Gasteiger partial charge in [0.1, 0.15) is 0 Å². The molecule has 0 nitrogen and oxygen atoms in total. The van der Waals surface area contributed by atoms with Crippen LogP contribution in [0, 0.1) is 23.0 Å². The predicted molar refractivity (Wildman–Crippen MR) is 286 cm³/mol. The first kappa shape index (κ1) is 58.0. The molecule has 6 heteroatoms. The second-order valence-electron chi connectivity index (χ2n) is 17.9. The zero-order valence-electron chi connectivity index (χ0n) is 41.1. The molecule has 0 N–H and O–H groups in total. The van der Waals surface area contributed by atoms with E-state index in [1.54, 1.807) is 0 Å². The van der Waals surface area contributed by atoms with Crippen LogP contribution in [0.25, 0.3) is 21.5 Å². The number of allylic oxidation sites excluding steroid dienone is 8. The summed E-state index contributed by atoms with van der Waals surface area (Å²) < 4.78 is 0. The summed E-state index contributed by atoms with van der Waals surface area (Å²) in [5.41, 5.74) is 8.79.